The Kier molecular flexibility index (Phi) is 5.97. The number of carbonyl (C=O) groups is 1. The second kappa shape index (κ2) is 8.14. The van der Waals surface area contributed by atoms with E-state index >= 15 is 0 Å². The highest BCUT2D eigenvalue weighted by Gasteiger charge is 2.47. The van der Waals surface area contributed by atoms with E-state index < -0.39 is 43.1 Å². The number of aromatic nitrogens is 1. The first-order chi connectivity index (χ1) is 13.8. The summed E-state index contributed by atoms with van der Waals surface area (Å²) >= 11 is 5.86. The third kappa shape index (κ3) is 4.01. The van der Waals surface area contributed by atoms with Crippen molar-refractivity contribution in [3.05, 3.63) is 46.6 Å². The molecule has 0 aliphatic carbocycles. The predicted octanol–water partition coefficient (Wildman–Crippen LogP) is 4.36. The molecule has 29 heavy (non-hydrogen) atoms. The van der Waals surface area contributed by atoms with Crippen molar-refractivity contribution in [3.8, 4) is 17.0 Å². The Balaban J connectivity index is 2.24. The van der Waals surface area contributed by atoms with Gasteiger partial charge in [-0.2, -0.15) is 13.2 Å². The quantitative estimate of drug-likeness (QED) is 0.520. The summed E-state index contributed by atoms with van der Waals surface area (Å²) in [5, 5.41) is 2.40. The van der Waals surface area contributed by atoms with E-state index in [2.05, 4.69) is 4.98 Å². The molecule has 156 valence electrons. The number of amides is 1. The zero-order chi connectivity index (χ0) is 21.2. The van der Waals surface area contributed by atoms with Crippen molar-refractivity contribution in [2.75, 3.05) is 26.5 Å². The van der Waals surface area contributed by atoms with Crippen molar-refractivity contribution < 1.29 is 31.5 Å². The molecule has 2 aromatic rings. The standard InChI is InChI=1S/C19H16ClF5N2O2/c20-12-3-1-11(2-4-12)16-17-13(18(7-21,8-22)9-29-17)5-15(27-16)14(6-26-10-28)19(23,24)25/h1-5,10,14H,6-9H2,(H,26,28). The van der Waals surface area contributed by atoms with E-state index in [1.54, 1.807) is 0 Å². The van der Waals surface area contributed by atoms with Crippen LogP contribution in [0.1, 0.15) is 17.2 Å². The molecule has 0 radical (unpaired) electrons. The van der Waals surface area contributed by atoms with E-state index in [-0.39, 0.29) is 30.0 Å². The van der Waals surface area contributed by atoms with Crippen LogP contribution in [0.2, 0.25) is 5.02 Å². The summed E-state index contributed by atoms with van der Waals surface area (Å²) in [6.45, 7) is -3.42. The molecule has 1 aromatic heterocycles. The molecule has 1 aliphatic heterocycles. The first kappa shape index (κ1) is 21.3. The number of rotatable bonds is 7. The van der Waals surface area contributed by atoms with Crippen LogP contribution < -0.4 is 10.1 Å². The molecule has 1 aromatic carbocycles. The van der Waals surface area contributed by atoms with E-state index in [9.17, 15) is 26.7 Å². The molecule has 1 N–H and O–H groups in total. The van der Waals surface area contributed by atoms with Crippen LogP contribution in [0.4, 0.5) is 22.0 Å². The number of fused-ring (bicyclic) bond motifs is 1. The van der Waals surface area contributed by atoms with E-state index in [1.807, 2.05) is 5.32 Å². The van der Waals surface area contributed by atoms with Crippen molar-refractivity contribution in [1.29, 1.82) is 0 Å². The molecule has 1 amide bonds. The van der Waals surface area contributed by atoms with Gasteiger partial charge in [0.2, 0.25) is 6.41 Å². The molecule has 0 spiro atoms. The molecule has 1 atom stereocenters. The highest BCUT2D eigenvalue weighted by atomic mass is 35.5. The van der Waals surface area contributed by atoms with Crippen LogP contribution in [0.3, 0.4) is 0 Å². The van der Waals surface area contributed by atoms with Crippen molar-refractivity contribution in [2.24, 2.45) is 0 Å². The van der Waals surface area contributed by atoms with Crippen LogP contribution >= 0.6 is 11.6 Å². The highest BCUT2D eigenvalue weighted by Crippen LogP contribution is 2.47. The van der Waals surface area contributed by atoms with Gasteiger partial charge in [0, 0.05) is 22.7 Å². The molecule has 1 aliphatic rings. The molecule has 0 saturated heterocycles. The van der Waals surface area contributed by atoms with Gasteiger partial charge < -0.3 is 10.1 Å². The number of hydrogen-bond donors (Lipinski definition) is 1. The molecular formula is C19H16ClF5N2O2. The second-order valence-electron chi connectivity index (χ2n) is 6.74. The minimum Gasteiger partial charge on any atom is -0.490 e. The summed E-state index contributed by atoms with van der Waals surface area (Å²) < 4.78 is 73.9. The van der Waals surface area contributed by atoms with Crippen LogP contribution in [0.15, 0.2) is 30.3 Å². The highest BCUT2D eigenvalue weighted by molar-refractivity contribution is 6.30. The zero-order valence-electron chi connectivity index (χ0n) is 14.9. The Bertz CT molecular complexity index is 885. The minimum atomic E-state index is -4.75. The number of alkyl halides is 5. The number of nitrogens with one attached hydrogen (secondary N) is 1. The van der Waals surface area contributed by atoms with Gasteiger partial charge in [0.15, 0.2) is 0 Å². The molecule has 10 heteroatoms. The summed E-state index contributed by atoms with van der Waals surface area (Å²) in [6.07, 6.45) is -4.61. The molecule has 0 bridgehead atoms. The van der Waals surface area contributed by atoms with Crippen LogP contribution in [0, 0.1) is 0 Å². The maximum absolute atomic E-state index is 13.8. The Morgan fingerprint density at radius 2 is 1.90 bits per heavy atom. The maximum atomic E-state index is 13.8. The van der Waals surface area contributed by atoms with Crippen molar-refractivity contribution in [1.82, 2.24) is 10.3 Å². The SMILES string of the molecule is O=CNCC(c1cc2c(c(-c3ccc(Cl)cc3)n1)OCC2(CF)CF)C(F)(F)F. The number of carbonyl (C=O) groups excluding carboxylic acids is 1. The number of pyridine rings is 1. The van der Waals surface area contributed by atoms with Gasteiger partial charge in [-0.25, -0.2) is 13.8 Å². The Morgan fingerprint density at radius 3 is 2.45 bits per heavy atom. The van der Waals surface area contributed by atoms with E-state index in [0.717, 1.165) is 6.07 Å². The predicted molar refractivity (Wildman–Crippen MR) is 96.7 cm³/mol. The summed E-state index contributed by atoms with van der Waals surface area (Å²) in [5.41, 5.74) is -1.78. The molecular weight excluding hydrogens is 419 g/mol. The fraction of sp³-hybridized carbons (Fsp3) is 0.368. The number of nitrogens with zero attached hydrogens (tertiary/aromatic N) is 1. The lowest BCUT2D eigenvalue weighted by molar-refractivity contribution is -0.150. The fourth-order valence-electron chi connectivity index (χ4n) is 3.17. The average Bonchev–Trinajstić information content (AvgIpc) is 3.06. The van der Waals surface area contributed by atoms with E-state index in [4.69, 9.17) is 16.3 Å². The van der Waals surface area contributed by atoms with Crippen LogP contribution in [-0.4, -0.2) is 44.1 Å². The lowest BCUT2D eigenvalue weighted by Crippen LogP contribution is -2.34. The largest absolute Gasteiger partial charge is 0.490 e. The topological polar surface area (TPSA) is 51.2 Å². The third-order valence-electron chi connectivity index (χ3n) is 4.84. The Labute approximate surface area is 168 Å². The Hall–Kier alpha value is -2.42. The number of halogens is 6. The van der Waals surface area contributed by atoms with Crippen molar-refractivity contribution in [3.63, 3.8) is 0 Å². The molecule has 0 fully saturated rings. The first-order valence-electron chi connectivity index (χ1n) is 8.55. The van der Waals surface area contributed by atoms with Gasteiger partial charge in [-0.3, -0.25) is 4.79 Å². The number of ether oxygens (including phenoxy) is 1. The summed E-state index contributed by atoms with van der Waals surface area (Å²) in [7, 11) is 0. The van der Waals surface area contributed by atoms with Crippen molar-refractivity contribution in [2.45, 2.75) is 17.5 Å². The van der Waals surface area contributed by atoms with Gasteiger partial charge in [-0.05, 0) is 18.2 Å². The van der Waals surface area contributed by atoms with Gasteiger partial charge in [0.25, 0.3) is 0 Å². The van der Waals surface area contributed by atoms with E-state index in [1.165, 1.54) is 24.3 Å². The van der Waals surface area contributed by atoms with Crippen molar-refractivity contribution >= 4 is 18.0 Å². The van der Waals surface area contributed by atoms with Gasteiger partial charge in [0.1, 0.15) is 37.3 Å². The summed E-state index contributed by atoms with van der Waals surface area (Å²) in [6, 6.07) is 7.09. The maximum Gasteiger partial charge on any atom is 0.398 e. The smallest absolute Gasteiger partial charge is 0.398 e. The van der Waals surface area contributed by atoms with Gasteiger partial charge >= 0.3 is 6.18 Å². The molecule has 0 saturated carbocycles. The first-order valence-corrected chi connectivity index (χ1v) is 8.93. The van der Waals surface area contributed by atoms with E-state index in [0.29, 0.717) is 10.6 Å². The Morgan fingerprint density at radius 1 is 1.24 bits per heavy atom. The normalized spacial score (nSPS) is 16.1. The average molecular weight is 435 g/mol. The fourth-order valence-corrected chi connectivity index (χ4v) is 3.30. The van der Waals surface area contributed by atoms with Gasteiger partial charge in [-0.15, -0.1) is 0 Å². The molecule has 4 nitrogen and oxygen atoms in total. The van der Waals surface area contributed by atoms with Crippen LogP contribution in [0.5, 0.6) is 5.75 Å². The zero-order valence-corrected chi connectivity index (χ0v) is 15.7. The molecule has 2 heterocycles. The molecule has 1 unspecified atom stereocenters. The monoisotopic (exact) mass is 434 g/mol. The third-order valence-corrected chi connectivity index (χ3v) is 5.10. The summed E-state index contributed by atoms with van der Waals surface area (Å²) in [5.74, 6) is -2.13. The lowest BCUT2D eigenvalue weighted by atomic mass is 9.83. The number of hydrogen-bond acceptors (Lipinski definition) is 3. The van der Waals surface area contributed by atoms with Gasteiger partial charge in [0.05, 0.1) is 11.1 Å². The van der Waals surface area contributed by atoms with Crippen LogP contribution in [-0.2, 0) is 10.2 Å². The minimum absolute atomic E-state index is 0.0159. The number of benzene rings is 1. The summed E-state index contributed by atoms with van der Waals surface area (Å²) in [4.78, 5) is 14.6. The van der Waals surface area contributed by atoms with Gasteiger partial charge in [-0.1, -0.05) is 23.7 Å². The molecule has 3 rings (SSSR count). The second-order valence-corrected chi connectivity index (χ2v) is 7.17. The van der Waals surface area contributed by atoms with Crippen LogP contribution in [0.25, 0.3) is 11.3 Å². The lowest BCUT2D eigenvalue weighted by Gasteiger charge is -2.24.